The van der Waals surface area contributed by atoms with Crippen LogP contribution in [0.1, 0.15) is 23.1 Å². The maximum atomic E-state index is 12.1. The third kappa shape index (κ3) is 4.41. The van der Waals surface area contributed by atoms with Gasteiger partial charge in [-0.15, -0.1) is 0 Å². The van der Waals surface area contributed by atoms with Crippen molar-refractivity contribution in [2.24, 2.45) is 0 Å². The van der Waals surface area contributed by atoms with Gasteiger partial charge in [0.15, 0.2) is 11.5 Å². The number of esters is 1. The predicted molar refractivity (Wildman–Crippen MR) is 97.2 cm³/mol. The molecule has 0 amide bonds. The maximum Gasteiger partial charge on any atom is 0.357 e. The number of hydrogen-bond donors (Lipinski definition) is 1. The zero-order chi connectivity index (χ0) is 17.5. The fourth-order valence-electron chi connectivity index (χ4n) is 2.36. The molecule has 0 radical (unpaired) electrons. The van der Waals surface area contributed by atoms with Crippen molar-refractivity contribution in [3.05, 3.63) is 78.1 Å². The molecule has 0 aliphatic heterocycles. The van der Waals surface area contributed by atoms with Crippen LogP contribution in [-0.2, 0) is 11.3 Å². The lowest BCUT2D eigenvalue weighted by atomic mass is 10.2. The van der Waals surface area contributed by atoms with E-state index in [1.807, 2.05) is 60.7 Å². The summed E-state index contributed by atoms with van der Waals surface area (Å²) in [7, 11) is 0. The van der Waals surface area contributed by atoms with Gasteiger partial charge in [0, 0.05) is 11.3 Å². The Hall–Kier alpha value is -3.21. The van der Waals surface area contributed by atoms with Crippen LogP contribution in [0.2, 0.25) is 0 Å². The summed E-state index contributed by atoms with van der Waals surface area (Å²) in [5.41, 5.74) is 2.83. The highest BCUT2D eigenvalue weighted by Crippen LogP contribution is 2.17. The molecule has 0 aliphatic rings. The Balaban J connectivity index is 1.90. The van der Waals surface area contributed by atoms with Crippen LogP contribution in [0.3, 0.4) is 0 Å². The second-order valence-corrected chi connectivity index (χ2v) is 5.37. The Kier molecular flexibility index (Phi) is 5.36. The molecule has 0 unspecified atom stereocenters. The first kappa shape index (κ1) is 16.6. The van der Waals surface area contributed by atoms with Crippen LogP contribution >= 0.6 is 0 Å². The number of aromatic nitrogens is 2. The fraction of sp³-hybridized carbons (Fsp3) is 0.150. The van der Waals surface area contributed by atoms with Crippen LogP contribution in [0, 0.1) is 0 Å². The fourth-order valence-corrected chi connectivity index (χ4v) is 2.36. The van der Waals surface area contributed by atoms with Crippen molar-refractivity contribution in [1.82, 2.24) is 9.97 Å². The van der Waals surface area contributed by atoms with E-state index in [0.29, 0.717) is 19.0 Å². The summed E-state index contributed by atoms with van der Waals surface area (Å²) in [5.74, 6) is 0.0686. The van der Waals surface area contributed by atoms with Crippen LogP contribution < -0.4 is 5.32 Å². The number of hydrogen-bond acceptors (Lipinski definition) is 5. The van der Waals surface area contributed by atoms with E-state index in [1.165, 1.54) is 0 Å². The van der Waals surface area contributed by atoms with E-state index < -0.39 is 5.97 Å². The van der Waals surface area contributed by atoms with E-state index in [2.05, 4.69) is 15.3 Å². The number of nitrogens with one attached hydrogen (secondary N) is 1. The Bertz CT molecular complexity index is 836. The molecule has 2 aromatic carbocycles. The second kappa shape index (κ2) is 8.06. The van der Waals surface area contributed by atoms with Crippen molar-refractivity contribution in [1.29, 1.82) is 0 Å². The van der Waals surface area contributed by atoms with E-state index in [0.717, 1.165) is 16.9 Å². The Labute approximate surface area is 146 Å². The van der Waals surface area contributed by atoms with Gasteiger partial charge in [0.2, 0.25) is 0 Å². The van der Waals surface area contributed by atoms with Crippen LogP contribution in [0.25, 0.3) is 11.4 Å². The molecule has 1 N–H and O–H groups in total. The van der Waals surface area contributed by atoms with Crippen molar-refractivity contribution >= 4 is 11.7 Å². The molecular formula is C20H19N3O2. The molecule has 5 nitrogen and oxygen atoms in total. The molecule has 0 bridgehead atoms. The highest BCUT2D eigenvalue weighted by atomic mass is 16.5. The molecule has 3 aromatic rings. The van der Waals surface area contributed by atoms with Gasteiger partial charge in [-0.3, -0.25) is 0 Å². The molecule has 0 fully saturated rings. The van der Waals surface area contributed by atoms with Crippen molar-refractivity contribution in [2.45, 2.75) is 13.5 Å². The van der Waals surface area contributed by atoms with Gasteiger partial charge < -0.3 is 10.1 Å². The Morgan fingerprint density at radius 3 is 2.36 bits per heavy atom. The largest absolute Gasteiger partial charge is 0.461 e. The van der Waals surface area contributed by atoms with Crippen molar-refractivity contribution in [3.8, 4) is 11.4 Å². The molecule has 5 heteroatoms. The van der Waals surface area contributed by atoms with Crippen molar-refractivity contribution in [3.63, 3.8) is 0 Å². The van der Waals surface area contributed by atoms with Crippen molar-refractivity contribution in [2.75, 3.05) is 11.9 Å². The molecule has 1 heterocycles. The molecule has 0 atom stereocenters. The first-order chi connectivity index (χ1) is 12.3. The zero-order valence-corrected chi connectivity index (χ0v) is 14.0. The molecular weight excluding hydrogens is 314 g/mol. The number of benzene rings is 2. The molecule has 0 aliphatic carbocycles. The summed E-state index contributed by atoms with van der Waals surface area (Å²) in [4.78, 5) is 21.1. The smallest absolute Gasteiger partial charge is 0.357 e. The van der Waals surface area contributed by atoms with Crippen LogP contribution in [0.4, 0.5) is 5.69 Å². The van der Waals surface area contributed by atoms with E-state index in [4.69, 9.17) is 4.74 Å². The quantitative estimate of drug-likeness (QED) is 0.692. The first-order valence-corrected chi connectivity index (χ1v) is 8.15. The number of carbonyl (C=O) groups is 1. The summed E-state index contributed by atoms with van der Waals surface area (Å²) in [6, 6.07) is 21.1. The molecule has 3 rings (SSSR count). The van der Waals surface area contributed by atoms with Gasteiger partial charge in [-0.05, 0) is 25.1 Å². The van der Waals surface area contributed by atoms with Gasteiger partial charge in [-0.1, -0.05) is 48.5 Å². The van der Waals surface area contributed by atoms with Gasteiger partial charge in [0.1, 0.15) is 0 Å². The highest BCUT2D eigenvalue weighted by molar-refractivity contribution is 5.87. The third-order valence-electron chi connectivity index (χ3n) is 3.54. The maximum absolute atomic E-state index is 12.1. The third-order valence-corrected chi connectivity index (χ3v) is 3.54. The zero-order valence-electron chi connectivity index (χ0n) is 14.0. The minimum atomic E-state index is -0.442. The number of para-hydroxylation sites is 1. The Morgan fingerprint density at radius 2 is 1.68 bits per heavy atom. The van der Waals surface area contributed by atoms with E-state index in [1.54, 1.807) is 13.0 Å². The van der Waals surface area contributed by atoms with Crippen molar-refractivity contribution < 1.29 is 9.53 Å². The van der Waals surface area contributed by atoms with Gasteiger partial charge in [0.25, 0.3) is 0 Å². The normalized spacial score (nSPS) is 10.3. The lowest BCUT2D eigenvalue weighted by molar-refractivity contribution is 0.0519. The molecule has 1 aromatic heterocycles. The van der Waals surface area contributed by atoms with Gasteiger partial charge in [-0.2, -0.15) is 0 Å². The second-order valence-electron chi connectivity index (χ2n) is 5.37. The number of anilines is 1. The highest BCUT2D eigenvalue weighted by Gasteiger charge is 2.13. The van der Waals surface area contributed by atoms with Crippen LogP contribution in [0.5, 0.6) is 0 Å². The summed E-state index contributed by atoms with van der Waals surface area (Å²) in [6.07, 6.45) is 0. The molecule has 0 spiro atoms. The summed E-state index contributed by atoms with van der Waals surface area (Å²) < 4.78 is 5.09. The molecule has 126 valence electrons. The van der Waals surface area contributed by atoms with Gasteiger partial charge in [-0.25, -0.2) is 14.8 Å². The number of rotatable bonds is 6. The summed E-state index contributed by atoms with van der Waals surface area (Å²) >= 11 is 0. The SMILES string of the molecule is CCOC(=O)c1cc(CNc2ccccc2)nc(-c2ccccc2)n1. The van der Waals surface area contributed by atoms with Crippen LogP contribution in [0.15, 0.2) is 66.7 Å². The molecule has 25 heavy (non-hydrogen) atoms. The number of ether oxygens (including phenoxy) is 1. The minimum Gasteiger partial charge on any atom is -0.461 e. The number of nitrogens with zero attached hydrogens (tertiary/aromatic N) is 2. The monoisotopic (exact) mass is 333 g/mol. The lowest BCUT2D eigenvalue weighted by Crippen LogP contribution is -2.11. The summed E-state index contributed by atoms with van der Waals surface area (Å²) in [6.45, 7) is 2.56. The Morgan fingerprint density at radius 1 is 1.00 bits per heavy atom. The standard InChI is InChI=1S/C20H19N3O2/c1-2-25-20(24)18-13-17(14-21-16-11-7-4-8-12-16)22-19(23-18)15-9-5-3-6-10-15/h3-13,21H,2,14H2,1H3. The van der Waals surface area contributed by atoms with Gasteiger partial charge >= 0.3 is 5.97 Å². The van der Waals surface area contributed by atoms with Crippen LogP contribution in [-0.4, -0.2) is 22.5 Å². The molecule has 0 saturated carbocycles. The van der Waals surface area contributed by atoms with E-state index in [-0.39, 0.29) is 5.69 Å². The van der Waals surface area contributed by atoms with E-state index >= 15 is 0 Å². The summed E-state index contributed by atoms with van der Waals surface area (Å²) in [5, 5.41) is 3.30. The number of carbonyl (C=O) groups excluding carboxylic acids is 1. The lowest BCUT2D eigenvalue weighted by Gasteiger charge is -2.10. The topological polar surface area (TPSA) is 64.1 Å². The molecule has 0 saturated heterocycles. The predicted octanol–water partition coefficient (Wildman–Crippen LogP) is 3.93. The first-order valence-electron chi connectivity index (χ1n) is 8.15. The van der Waals surface area contributed by atoms with E-state index in [9.17, 15) is 4.79 Å². The minimum absolute atomic E-state index is 0.264. The average Bonchev–Trinajstić information content (AvgIpc) is 2.68. The van der Waals surface area contributed by atoms with Gasteiger partial charge in [0.05, 0.1) is 18.8 Å². The average molecular weight is 333 g/mol.